The normalized spacial score (nSPS) is 11.2. The first-order valence-electron chi connectivity index (χ1n) is 5.66. The summed E-state index contributed by atoms with van der Waals surface area (Å²) in [5.74, 6) is 0.795. The lowest BCUT2D eigenvalue weighted by Crippen LogP contribution is -1.83. The van der Waals surface area contributed by atoms with Crippen molar-refractivity contribution < 1.29 is 0 Å². The Labute approximate surface area is 128 Å². The smallest absolute Gasteiger partial charge is 0.139 e. The molecule has 2 nitrogen and oxygen atoms in total. The van der Waals surface area contributed by atoms with Crippen molar-refractivity contribution in [3.05, 3.63) is 50.4 Å². The van der Waals surface area contributed by atoms with Gasteiger partial charge in [-0.25, -0.2) is 4.98 Å². The first-order chi connectivity index (χ1) is 9.04. The first kappa shape index (κ1) is 13.0. The van der Waals surface area contributed by atoms with Crippen LogP contribution in [0.2, 0.25) is 10.0 Å². The third kappa shape index (κ3) is 2.38. The molecule has 5 heteroatoms. The van der Waals surface area contributed by atoms with Crippen LogP contribution in [0.5, 0.6) is 0 Å². The highest BCUT2D eigenvalue weighted by Crippen LogP contribution is 2.31. The molecule has 2 aromatic carbocycles. The summed E-state index contributed by atoms with van der Waals surface area (Å²) in [7, 11) is 0. The van der Waals surface area contributed by atoms with E-state index in [2.05, 4.69) is 32.0 Å². The second-order valence-electron chi connectivity index (χ2n) is 4.35. The zero-order chi connectivity index (χ0) is 13.6. The Morgan fingerprint density at radius 2 is 1.84 bits per heavy atom. The number of hydrogen-bond acceptors (Lipinski definition) is 1. The second kappa shape index (κ2) is 4.82. The summed E-state index contributed by atoms with van der Waals surface area (Å²) in [6, 6.07) is 9.69. The highest BCUT2D eigenvalue weighted by atomic mass is 79.9. The summed E-state index contributed by atoms with van der Waals surface area (Å²) in [4.78, 5) is 7.82. The van der Waals surface area contributed by atoms with Crippen molar-refractivity contribution in [2.24, 2.45) is 0 Å². The van der Waals surface area contributed by atoms with E-state index in [0.29, 0.717) is 10.0 Å². The Morgan fingerprint density at radius 3 is 2.63 bits per heavy atom. The fraction of sp³-hybridized carbons (Fsp3) is 0.0714. The Hall–Kier alpha value is -1.03. The van der Waals surface area contributed by atoms with E-state index in [4.69, 9.17) is 23.2 Å². The molecule has 0 saturated carbocycles. The van der Waals surface area contributed by atoms with Gasteiger partial charge in [-0.3, -0.25) is 0 Å². The molecule has 0 atom stereocenters. The number of hydrogen-bond donors (Lipinski definition) is 1. The van der Waals surface area contributed by atoms with Gasteiger partial charge in [0.15, 0.2) is 0 Å². The van der Waals surface area contributed by atoms with Crippen LogP contribution in [0.4, 0.5) is 0 Å². The van der Waals surface area contributed by atoms with Crippen molar-refractivity contribution in [1.82, 2.24) is 9.97 Å². The number of fused-ring (bicyclic) bond motifs is 1. The molecule has 1 heterocycles. The summed E-state index contributed by atoms with van der Waals surface area (Å²) in [5, 5.41) is 1.03. The molecule has 3 aromatic rings. The van der Waals surface area contributed by atoms with Crippen LogP contribution < -0.4 is 0 Å². The van der Waals surface area contributed by atoms with Crippen LogP contribution in [0.15, 0.2) is 34.8 Å². The van der Waals surface area contributed by atoms with E-state index in [1.165, 1.54) is 5.56 Å². The van der Waals surface area contributed by atoms with Gasteiger partial charge in [-0.1, -0.05) is 50.8 Å². The minimum absolute atomic E-state index is 0.510. The Morgan fingerprint density at radius 1 is 1.11 bits per heavy atom. The molecule has 96 valence electrons. The molecule has 0 spiro atoms. The Kier molecular flexibility index (Phi) is 3.29. The average Bonchev–Trinajstić information content (AvgIpc) is 2.75. The molecule has 0 aliphatic carbocycles. The molecule has 0 aliphatic heterocycles. The van der Waals surface area contributed by atoms with E-state index in [-0.39, 0.29) is 0 Å². The average molecular weight is 356 g/mol. The Balaban J connectivity index is 2.23. The number of rotatable bonds is 1. The summed E-state index contributed by atoms with van der Waals surface area (Å²) in [6.07, 6.45) is 0. The molecule has 1 N–H and O–H groups in total. The van der Waals surface area contributed by atoms with Gasteiger partial charge in [0, 0.05) is 10.0 Å². The topological polar surface area (TPSA) is 28.7 Å². The molecule has 0 fully saturated rings. The number of nitrogens with one attached hydrogen (secondary N) is 1. The quantitative estimate of drug-likeness (QED) is 0.604. The lowest BCUT2D eigenvalue weighted by atomic mass is 10.1. The molecule has 0 aliphatic rings. The van der Waals surface area contributed by atoms with Crippen molar-refractivity contribution in [3.8, 4) is 11.4 Å². The van der Waals surface area contributed by atoms with Crippen LogP contribution in [0, 0.1) is 6.92 Å². The van der Waals surface area contributed by atoms with Gasteiger partial charge in [0.25, 0.3) is 0 Å². The summed E-state index contributed by atoms with van der Waals surface area (Å²) < 4.78 is 0.995. The maximum absolute atomic E-state index is 6.01. The molecule has 0 bridgehead atoms. The molecule has 0 unspecified atom stereocenters. The van der Waals surface area contributed by atoms with Gasteiger partial charge in [0.2, 0.25) is 0 Å². The predicted octanol–water partition coefficient (Wildman–Crippen LogP) is 5.61. The van der Waals surface area contributed by atoms with E-state index in [1.54, 1.807) is 12.1 Å². The molecule has 19 heavy (non-hydrogen) atoms. The van der Waals surface area contributed by atoms with Gasteiger partial charge in [-0.15, -0.1) is 0 Å². The van der Waals surface area contributed by atoms with Gasteiger partial charge < -0.3 is 4.98 Å². The highest BCUT2D eigenvalue weighted by molar-refractivity contribution is 9.10. The lowest BCUT2D eigenvalue weighted by Gasteiger charge is -2.01. The van der Waals surface area contributed by atoms with Gasteiger partial charge in [-0.2, -0.15) is 0 Å². The predicted molar refractivity (Wildman–Crippen MR) is 84.0 cm³/mol. The van der Waals surface area contributed by atoms with E-state index in [0.717, 1.165) is 26.9 Å². The summed E-state index contributed by atoms with van der Waals surface area (Å²) >= 11 is 15.6. The molecular formula is C14H9BrCl2N2. The number of aromatic nitrogens is 2. The van der Waals surface area contributed by atoms with Crippen molar-refractivity contribution in [3.63, 3.8) is 0 Å². The number of nitrogens with zero attached hydrogens (tertiary/aromatic N) is 1. The number of benzene rings is 2. The third-order valence-electron chi connectivity index (χ3n) is 2.90. The molecule has 3 rings (SSSR count). The molecule has 0 radical (unpaired) electrons. The summed E-state index contributed by atoms with van der Waals surface area (Å²) in [6.45, 7) is 2.05. The minimum Gasteiger partial charge on any atom is -0.338 e. The fourth-order valence-electron chi connectivity index (χ4n) is 1.95. The van der Waals surface area contributed by atoms with Crippen LogP contribution in [-0.2, 0) is 0 Å². The van der Waals surface area contributed by atoms with Crippen LogP contribution in [0.25, 0.3) is 22.4 Å². The van der Waals surface area contributed by atoms with Gasteiger partial charge in [0.1, 0.15) is 5.82 Å². The van der Waals surface area contributed by atoms with Crippen LogP contribution >= 0.6 is 39.1 Å². The number of H-pyrrole nitrogens is 1. The standard InChI is InChI=1S/C14H9BrCl2N2/c1-7-2-3-9(15)8(4-7)14-18-12-5-10(16)11(17)6-13(12)19-14/h2-6H,1H3,(H,18,19). The van der Waals surface area contributed by atoms with Gasteiger partial charge in [0.05, 0.1) is 21.1 Å². The van der Waals surface area contributed by atoms with Crippen molar-refractivity contribution >= 4 is 50.2 Å². The molecular weight excluding hydrogens is 347 g/mol. The molecule has 0 amide bonds. The van der Waals surface area contributed by atoms with Gasteiger partial charge in [-0.05, 0) is 31.2 Å². The van der Waals surface area contributed by atoms with E-state index < -0.39 is 0 Å². The van der Waals surface area contributed by atoms with Crippen LogP contribution in [0.3, 0.4) is 0 Å². The first-order valence-corrected chi connectivity index (χ1v) is 7.21. The maximum Gasteiger partial charge on any atom is 0.139 e. The van der Waals surface area contributed by atoms with Crippen LogP contribution in [0.1, 0.15) is 5.56 Å². The molecule has 1 aromatic heterocycles. The van der Waals surface area contributed by atoms with Crippen molar-refractivity contribution in [2.75, 3.05) is 0 Å². The zero-order valence-electron chi connectivity index (χ0n) is 9.97. The Bertz CT molecular complexity index is 741. The van der Waals surface area contributed by atoms with Crippen molar-refractivity contribution in [1.29, 1.82) is 0 Å². The second-order valence-corrected chi connectivity index (χ2v) is 6.02. The fourth-order valence-corrected chi connectivity index (χ4v) is 2.71. The molecule has 0 saturated heterocycles. The van der Waals surface area contributed by atoms with Crippen molar-refractivity contribution in [2.45, 2.75) is 6.92 Å². The summed E-state index contributed by atoms with van der Waals surface area (Å²) in [5.41, 5.74) is 3.87. The number of aromatic amines is 1. The van der Waals surface area contributed by atoms with Gasteiger partial charge >= 0.3 is 0 Å². The monoisotopic (exact) mass is 354 g/mol. The number of halogens is 3. The van der Waals surface area contributed by atoms with Crippen LogP contribution in [-0.4, -0.2) is 9.97 Å². The zero-order valence-corrected chi connectivity index (χ0v) is 13.1. The minimum atomic E-state index is 0.510. The lowest BCUT2D eigenvalue weighted by molar-refractivity contribution is 1.31. The SMILES string of the molecule is Cc1ccc(Br)c(-c2nc3cc(Cl)c(Cl)cc3[nH]2)c1. The van der Waals surface area contributed by atoms with E-state index in [1.807, 2.05) is 19.1 Å². The highest BCUT2D eigenvalue weighted by Gasteiger charge is 2.10. The number of aryl methyl sites for hydroxylation is 1. The number of imidazole rings is 1. The largest absolute Gasteiger partial charge is 0.338 e. The van der Waals surface area contributed by atoms with E-state index >= 15 is 0 Å². The third-order valence-corrected chi connectivity index (χ3v) is 4.31. The maximum atomic E-state index is 6.01. The van der Waals surface area contributed by atoms with E-state index in [9.17, 15) is 0 Å².